The molecule has 0 unspecified atom stereocenters. The Bertz CT molecular complexity index is 364. The van der Waals surface area contributed by atoms with Crippen molar-refractivity contribution in [1.29, 1.82) is 0 Å². The molecule has 17 heavy (non-hydrogen) atoms. The summed E-state index contributed by atoms with van der Waals surface area (Å²) in [6, 6.07) is 0. The van der Waals surface area contributed by atoms with Gasteiger partial charge in [-0.05, 0) is 31.6 Å². The molecule has 0 radical (unpaired) electrons. The quantitative estimate of drug-likeness (QED) is 0.789. The van der Waals surface area contributed by atoms with E-state index >= 15 is 0 Å². The molecule has 1 aliphatic carbocycles. The van der Waals surface area contributed by atoms with Crippen LogP contribution in [0.25, 0.3) is 0 Å². The van der Waals surface area contributed by atoms with Gasteiger partial charge in [0.2, 0.25) is 5.88 Å². The van der Waals surface area contributed by atoms with E-state index in [1.807, 2.05) is 0 Å². The Hall–Kier alpha value is -1.32. The molecule has 0 aromatic carbocycles. The molecule has 1 aromatic rings. The number of anilines is 1. The third-order valence-corrected chi connectivity index (χ3v) is 2.95. The molecule has 1 saturated carbocycles. The lowest BCUT2D eigenvalue weighted by molar-refractivity contribution is 0.285. The van der Waals surface area contributed by atoms with E-state index in [2.05, 4.69) is 29.1 Å². The summed E-state index contributed by atoms with van der Waals surface area (Å²) >= 11 is 0. The van der Waals surface area contributed by atoms with Crippen molar-refractivity contribution in [2.75, 3.05) is 18.5 Å². The van der Waals surface area contributed by atoms with Crippen molar-refractivity contribution >= 4 is 5.82 Å². The average molecular weight is 235 g/mol. The molecule has 1 heterocycles. The van der Waals surface area contributed by atoms with Gasteiger partial charge >= 0.3 is 0 Å². The van der Waals surface area contributed by atoms with Crippen LogP contribution in [-0.2, 0) is 6.42 Å². The van der Waals surface area contributed by atoms with Crippen LogP contribution in [0.1, 0.15) is 38.7 Å². The van der Waals surface area contributed by atoms with Crippen LogP contribution in [0.5, 0.6) is 5.88 Å². The van der Waals surface area contributed by atoms with E-state index in [4.69, 9.17) is 4.74 Å². The van der Waals surface area contributed by atoms with E-state index in [1.54, 1.807) is 6.33 Å². The summed E-state index contributed by atoms with van der Waals surface area (Å²) in [5, 5.41) is 3.33. The van der Waals surface area contributed by atoms with E-state index in [0.29, 0.717) is 0 Å². The highest BCUT2D eigenvalue weighted by Crippen LogP contribution is 2.30. The third kappa shape index (κ3) is 3.32. The van der Waals surface area contributed by atoms with Gasteiger partial charge in [-0.3, -0.25) is 0 Å². The van der Waals surface area contributed by atoms with Gasteiger partial charge < -0.3 is 10.1 Å². The Morgan fingerprint density at radius 3 is 2.82 bits per heavy atom. The van der Waals surface area contributed by atoms with Crippen LogP contribution < -0.4 is 10.1 Å². The molecular formula is C13H21N3O. The first-order valence-corrected chi connectivity index (χ1v) is 6.55. The van der Waals surface area contributed by atoms with Crippen LogP contribution in [-0.4, -0.2) is 23.1 Å². The lowest BCUT2D eigenvalue weighted by Crippen LogP contribution is -2.09. The van der Waals surface area contributed by atoms with Crippen LogP contribution in [0.4, 0.5) is 5.82 Å². The third-order valence-electron chi connectivity index (χ3n) is 2.95. The zero-order valence-corrected chi connectivity index (χ0v) is 10.7. The smallest absolute Gasteiger partial charge is 0.221 e. The highest BCUT2D eigenvalue weighted by atomic mass is 16.5. The number of rotatable bonds is 7. The van der Waals surface area contributed by atoms with Crippen LogP contribution in [0.3, 0.4) is 0 Å². The standard InChI is InChI=1S/C13H21N3O/c1-3-7-14-12-11(4-2)13(16-9-15-12)17-8-10-5-6-10/h9-10H,3-8H2,1-2H3,(H,14,15,16). The predicted molar refractivity (Wildman–Crippen MR) is 68.4 cm³/mol. The molecule has 0 atom stereocenters. The van der Waals surface area contributed by atoms with E-state index in [-0.39, 0.29) is 0 Å². The second-order valence-electron chi connectivity index (χ2n) is 4.54. The first kappa shape index (κ1) is 12.1. The maximum Gasteiger partial charge on any atom is 0.221 e. The first-order valence-electron chi connectivity index (χ1n) is 6.55. The summed E-state index contributed by atoms with van der Waals surface area (Å²) in [5.74, 6) is 2.44. The average Bonchev–Trinajstić information content (AvgIpc) is 3.17. The monoisotopic (exact) mass is 235 g/mol. The molecule has 1 N–H and O–H groups in total. The van der Waals surface area contributed by atoms with Gasteiger partial charge in [-0.25, -0.2) is 9.97 Å². The minimum Gasteiger partial charge on any atom is -0.477 e. The summed E-state index contributed by atoms with van der Waals surface area (Å²) in [6.45, 7) is 5.99. The molecule has 1 fully saturated rings. The van der Waals surface area contributed by atoms with Gasteiger partial charge in [0.05, 0.1) is 12.2 Å². The lowest BCUT2D eigenvalue weighted by atomic mass is 10.2. The molecule has 0 spiro atoms. The summed E-state index contributed by atoms with van der Waals surface area (Å²) < 4.78 is 5.78. The largest absolute Gasteiger partial charge is 0.477 e. The van der Waals surface area contributed by atoms with Gasteiger partial charge in [0.25, 0.3) is 0 Å². The van der Waals surface area contributed by atoms with E-state index in [1.165, 1.54) is 12.8 Å². The van der Waals surface area contributed by atoms with Crippen LogP contribution in [0.15, 0.2) is 6.33 Å². The number of ether oxygens (including phenoxy) is 1. The van der Waals surface area contributed by atoms with E-state index < -0.39 is 0 Å². The second kappa shape index (κ2) is 5.84. The van der Waals surface area contributed by atoms with Crippen molar-refractivity contribution in [3.05, 3.63) is 11.9 Å². The van der Waals surface area contributed by atoms with Crippen molar-refractivity contribution in [3.63, 3.8) is 0 Å². The Morgan fingerprint density at radius 1 is 1.35 bits per heavy atom. The molecule has 0 aliphatic heterocycles. The zero-order valence-electron chi connectivity index (χ0n) is 10.7. The highest BCUT2D eigenvalue weighted by molar-refractivity contribution is 5.48. The second-order valence-corrected chi connectivity index (χ2v) is 4.54. The topological polar surface area (TPSA) is 47.0 Å². The highest BCUT2D eigenvalue weighted by Gasteiger charge is 2.23. The van der Waals surface area contributed by atoms with Gasteiger partial charge in [-0.15, -0.1) is 0 Å². The maximum absolute atomic E-state index is 5.78. The number of hydrogen-bond acceptors (Lipinski definition) is 4. The van der Waals surface area contributed by atoms with Gasteiger partial charge in [0.15, 0.2) is 0 Å². The summed E-state index contributed by atoms with van der Waals surface area (Å²) in [6.07, 6.45) is 6.17. The summed E-state index contributed by atoms with van der Waals surface area (Å²) in [7, 11) is 0. The van der Waals surface area contributed by atoms with Crippen LogP contribution in [0, 0.1) is 5.92 Å². The van der Waals surface area contributed by atoms with Gasteiger partial charge in [0, 0.05) is 6.54 Å². The van der Waals surface area contributed by atoms with Crippen molar-refractivity contribution in [2.45, 2.75) is 39.5 Å². The SMILES string of the molecule is CCCNc1ncnc(OCC2CC2)c1CC. The molecule has 0 amide bonds. The normalized spacial score (nSPS) is 14.7. The number of nitrogens with one attached hydrogen (secondary N) is 1. The Morgan fingerprint density at radius 2 is 2.18 bits per heavy atom. The van der Waals surface area contributed by atoms with Crippen molar-refractivity contribution in [1.82, 2.24) is 9.97 Å². The van der Waals surface area contributed by atoms with E-state index in [0.717, 1.165) is 49.2 Å². The fraction of sp³-hybridized carbons (Fsp3) is 0.692. The molecule has 2 rings (SSSR count). The predicted octanol–water partition coefficient (Wildman–Crippen LogP) is 2.65. The van der Waals surface area contributed by atoms with Gasteiger partial charge in [-0.1, -0.05) is 13.8 Å². The summed E-state index contributed by atoms with van der Waals surface area (Å²) in [5.41, 5.74) is 1.10. The van der Waals surface area contributed by atoms with Crippen LogP contribution >= 0.6 is 0 Å². The first-order chi connectivity index (χ1) is 8.35. The molecule has 1 aliphatic rings. The lowest BCUT2D eigenvalue weighted by Gasteiger charge is -2.13. The van der Waals surface area contributed by atoms with Crippen molar-refractivity contribution in [2.24, 2.45) is 5.92 Å². The summed E-state index contributed by atoms with van der Waals surface area (Å²) in [4.78, 5) is 8.53. The minimum absolute atomic E-state index is 0.752. The fourth-order valence-corrected chi connectivity index (χ4v) is 1.72. The van der Waals surface area contributed by atoms with Crippen molar-refractivity contribution in [3.8, 4) is 5.88 Å². The maximum atomic E-state index is 5.78. The number of nitrogens with zero attached hydrogens (tertiary/aromatic N) is 2. The minimum atomic E-state index is 0.752. The molecule has 0 bridgehead atoms. The Labute approximate surface area is 103 Å². The van der Waals surface area contributed by atoms with Gasteiger partial charge in [-0.2, -0.15) is 0 Å². The van der Waals surface area contributed by atoms with Crippen molar-refractivity contribution < 1.29 is 4.74 Å². The zero-order chi connectivity index (χ0) is 12.1. The number of aromatic nitrogens is 2. The molecule has 4 heteroatoms. The Balaban J connectivity index is 2.06. The molecule has 0 saturated heterocycles. The fourth-order valence-electron chi connectivity index (χ4n) is 1.72. The van der Waals surface area contributed by atoms with Gasteiger partial charge in [0.1, 0.15) is 12.1 Å². The molecular weight excluding hydrogens is 214 g/mol. The Kier molecular flexibility index (Phi) is 4.18. The van der Waals surface area contributed by atoms with Crippen LogP contribution in [0.2, 0.25) is 0 Å². The molecule has 1 aromatic heterocycles. The molecule has 4 nitrogen and oxygen atoms in total. The van der Waals surface area contributed by atoms with E-state index in [9.17, 15) is 0 Å². The number of hydrogen-bond donors (Lipinski definition) is 1. The molecule has 94 valence electrons.